The molecule has 0 saturated carbocycles. The molecular formula is C13H9FN2O. The standard InChI is InChI=1S/C13H9FN2O/c14-9-3-6-11-12(7-9)15-16-13(11)8-1-4-10(17)5-2-8/h1-7,17H,(H,15,16). The Morgan fingerprint density at radius 1 is 1.06 bits per heavy atom. The second-order valence-electron chi connectivity index (χ2n) is 3.81. The molecule has 1 heterocycles. The summed E-state index contributed by atoms with van der Waals surface area (Å²) in [5.74, 6) is -0.0851. The number of hydrogen-bond donors (Lipinski definition) is 2. The zero-order valence-electron chi connectivity index (χ0n) is 8.81. The topological polar surface area (TPSA) is 48.9 Å². The lowest BCUT2D eigenvalue weighted by molar-refractivity contribution is 0.475. The minimum absolute atomic E-state index is 0.208. The number of hydrogen-bond acceptors (Lipinski definition) is 2. The molecule has 4 heteroatoms. The van der Waals surface area contributed by atoms with E-state index in [0.717, 1.165) is 16.6 Å². The van der Waals surface area contributed by atoms with E-state index in [1.165, 1.54) is 12.1 Å². The number of phenolic OH excluding ortho intramolecular Hbond substituents is 1. The summed E-state index contributed by atoms with van der Waals surface area (Å²) >= 11 is 0. The molecule has 0 atom stereocenters. The van der Waals surface area contributed by atoms with E-state index < -0.39 is 0 Å². The van der Waals surface area contributed by atoms with Crippen LogP contribution in [0.15, 0.2) is 42.5 Å². The summed E-state index contributed by atoms with van der Waals surface area (Å²) in [4.78, 5) is 0. The van der Waals surface area contributed by atoms with Crippen LogP contribution in [0.3, 0.4) is 0 Å². The van der Waals surface area contributed by atoms with Crippen LogP contribution in [0.1, 0.15) is 0 Å². The van der Waals surface area contributed by atoms with Gasteiger partial charge in [0.05, 0.1) is 11.2 Å². The third kappa shape index (κ3) is 1.63. The molecule has 84 valence electrons. The lowest BCUT2D eigenvalue weighted by Gasteiger charge is -1.98. The molecule has 1 aromatic heterocycles. The Morgan fingerprint density at radius 3 is 2.59 bits per heavy atom. The summed E-state index contributed by atoms with van der Waals surface area (Å²) < 4.78 is 13.0. The summed E-state index contributed by atoms with van der Waals surface area (Å²) in [5, 5.41) is 17.0. The van der Waals surface area contributed by atoms with Crippen LogP contribution in [0.2, 0.25) is 0 Å². The van der Waals surface area contributed by atoms with Crippen molar-refractivity contribution in [3.05, 3.63) is 48.3 Å². The number of aromatic amines is 1. The van der Waals surface area contributed by atoms with Crippen molar-refractivity contribution >= 4 is 10.9 Å². The second kappa shape index (κ2) is 3.59. The van der Waals surface area contributed by atoms with Crippen molar-refractivity contribution in [2.75, 3.05) is 0 Å². The largest absolute Gasteiger partial charge is 0.508 e. The Morgan fingerprint density at radius 2 is 1.82 bits per heavy atom. The van der Waals surface area contributed by atoms with Crippen LogP contribution in [0.4, 0.5) is 4.39 Å². The number of nitrogens with one attached hydrogen (secondary N) is 1. The lowest BCUT2D eigenvalue weighted by Crippen LogP contribution is -1.78. The van der Waals surface area contributed by atoms with Crippen LogP contribution in [0, 0.1) is 5.82 Å². The normalized spacial score (nSPS) is 10.9. The third-order valence-corrected chi connectivity index (χ3v) is 2.67. The fraction of sp³-hybridized carbons (Fsp3) is 0. The first kappa shape index (κ1) is 9.84. The van der Waals surface area contributed by atoms with Gasteiger partial charge in [-0.2, -0.15) is 5.10 Å². The highest BCUT2D eigenvalue weighted by atomic mass is 19.1. The number of halogens is 1. The molecule has 0 unspecified atom stereocenters. The molecule has 2 aromatic carbocycles. The van der Waals surface area contributed by atoms with Crippen molar-refractivity contribution < 1.29 is 9.50 Å². The van der Waals surface area contributed by atoms with E-state index in [0.29, 0.717) is 5.52 Å². The van der Waals surface area contributed by atoms with Crippen LogP contribution in [-0.4, -0.2) is 15.3 Å². The molecule has 3 nitrogen and oxygen atoms in total. The van der Waals surface area contributed by atoms with Gasteiger partial charge >= 0.3 is 0 Å². The van der Waals surface area contributed by atoms with Crippen molar-refractivity contribution in [2.45, 2.75) is 0 Å². The first-order valence-corrected chi connectivity index (χ1v) is 5.17. The average Bonchev–Trinajstić information content (AvgIpc) is 2.73. The second-order valence-corrected chi connectivity index (χ2v) is 3.81. The van der Waals surface area contributed by atoms with E-state index in [1.807, 2.05) is 0 Å². The average molecular weight is 228 g/mol. The minimum Gasteiger partial charge on any atom is -0.508 e. The summed E-state index contributed by atoms with van der Waals surface area (Å²) in [6.07, 6.45) is 0. The number of nitrogens with zero attached hydrogens (tertiary/aromatic N) is 1. The van der Waals surface area contributed by atoms with Crippen LogP contribution in [-0.2, 0) is 0 Å². The van der Waals surface area contributed by atoms with Gasteiger partial charge in [0.15, 0.2) is 0 Å². The van der Waals surface area contributed by atoms with Gasteiger partial charge in [0, 0.05) is 10.9 Å². The summed E-state index contributed by atoms with van der Waals surface area (Å²) in [7, 11) is 0. The Balaban J connectivity index is 2.21. The molecule has 2 N–H and O–H groups in total. The SMILES string of the molecule is Oc1ccc(-c2n[nH]c3cc(F)ccc23)cc1. The van der Waals surface area contributed by atoms with E-state index >= 15 is 0 Å². The molecule has 0 aliphatic heterocycles. The van der Waals surface area contributed by atoms with E-state index in [1.54, 1.807) is 30.3 Å². The molecule has 0 aliphatic carbocycles. The molecule has 0 amide bonds. The van der Waals surface area contributed by atoms with Gasteiger partial charge < -0.3 is 5.11 Å². The Hall–Kier alpha value is -2.36. The summed E-state index contributed by atoms with van der Waals surface area (Å²) in [6, 6.07) is 11.2. The zero-order valence-corrected chi connectivity index (χ0v) is 8.81. The number of rotatable bonds is 1. The van der Waals surface area contributed by atoms with E-state index in [-0.39, 0.29) is 11.6 Å². The molecule has 0 saturated heterocycles. The van der Waals surface area contributed by atoms with Gasteiger partial charge in [0.1, 0.15) is 11.6 Å². The van der Waals surface area contributed by atoms with Gasteiger partial charge in [-0.3, -0.25) is 5.10 Å². The zero-order chi connectivity index (χ0) is 11.8. The number of H-pyrrole nitrogens is 1. The number of aromatic nitrogens is 2. The van der Waals surface area contributed by atoms with Crippen LogP contribution in [0.5, 0.6) is 5.75 Å². The number of aromatic hydroxyl groups is 1. The predicted octanol–water partition coefficient (Wildman–Crippen LogP) is 3.07. The van der Waals surface area contributed by atoms with E-state index in [4.69, 9.17) is 0 Å². The van der Waals surface area contributed by atoms with Gasteiger partial charge in [-0.1, -0.05) is 0 Å². The van der Waals surface area contributed by atoms with Gasteiger partial charge in [-0.25, -0.2) is 4.39 Å². The molecule has 17 heavy (non-hydrogen) atoms. The van der Waals surface area contributed by atoms with Gasteiger partial charge in [-0.05, 0) is 42.5 Å². The van der Waals surface area contributed by atoms with Crippen LogP contribution in [0.25, 0.3) is 22.2 Å². The fourth-order valence-electron chi connectivity index (χ4n) is 1.83. The Kier molecular flexibility index (Phi) is 2.08. The third-order valence-electron chi connectivity index (χ3n) is 2.67. The number of fused-ring (bicyclic) bond motifs is 1. The molecular weight excluding hydrogens is 219 g/mol. The number of benzene rings is 2. The highest BCUT2D eigenvalue weighted by Crippen LogP contribution is 2.27. The molecule has 3 rings (SSSR count). The first-order valence-electron chi connectivity index (χ1n) is 5.17. The van der Waals surface area contributed by atoms with Crippen molar-refractivity contribution in [1.29, 1.82) is 0 Å². The molecule has 0 bridgehead atoms. The quantitative estimate of drug-likeness (QED) is 0.672. The van der Waals surface area contributed by atoms with Crippen LogP contribution < -0.4 is 0 Å². The molecule has 0 aliphatic rings. The summed E-state index contributed by atoms with van der Waals surface area (Å²) in [6.45, 7) is 0. The fourth-order valence-corrected chi connectivity index (χ4v) is 1.83. The Bertz CT molecular complexity index is 673. The van der Waals surface area contributed by atoms with Gasteiger partial charge in [-0.15, -0.1) is 0 Å². The van der Waals surface area contributed by atoms with Crippen molar-refractivity contribution in [3.63, 3.8) is 0 Å². The summed E-state index contributed by atoms with van der Waals surface area (Å²) in [5.41, 5.74) is 2.29. The minimum atomic E-state index is -0.293. The Labute approximate surface area is 96.5 Å². The van der Waals surface area contributed by atoms with E-state index in [2.05, 4.69) is 10.2 Å². The number of phenols is 1. The first-order chi connectivity index (χ1) is 8.24. The predicted molar refractivity (Wildman–Crippen MR) is 63.2 cm³/mol. The van der Waals surface area contributed by atoms with Crippen molar-refractivity contribution in [2.24, 2.45) is 0 Å². The van der Waals surface area contributed by atoms with Gasteiger partial charge in [0.25, 0.3) is 0 Å². The monoisotopic (exact) mass is 228 g/mol. The van der Waals surface area contributed by atoms with Crippen molar-refractivity contribution in [3.8, 4) is 17.0 Å². The van der Waals surface area contributed by atoms with Gasteiger partial charge in [0.2, 0.25) is 0 Å². The van der Waals surface area contributed by atoms with Crippen molar-refractivity contribution in [1.82, 2.24) is 10.2 Å². The molecule has 0 fully saturated rings. The highest BCUT2D eigenvalue weighted by Gasteiger charge is 2.08. The van der Waals surface area contributed by atoms with Crippen LogP contribution >= 0.6 is 0 Å². The van der Waals surface area contributed by atoms with E-state index in [9.17, 15) is 9.50 Å². The highest BCUT2D eigenvalue weighted by molar-refractivity contribution is 5.92. The smallest absolute Gasteiger partial charge is 0.125 e. The maximum atomic E-state index is 13.0. The molecule has 0 spiro atoms. The maximum Gasteiger partial charge on any atom is 0.125 e. The molecule has 0 radical (unpaired) electrons. The maximum absolute atomic E-state index is 13.0. The lowest BCUT2D eigenvalue weighted by atomic mass is 10.1. The molecule has 3 aromatic rings.